The van der Waals surface area contributed by atoms with Gasteiger partial charge in [0.2, 0.25) is 0 Å². The van der Waals surface area contributed by atoms with Crippen molar-refractivity contribution in [2.45, 2.75) is 11.6 Å². The maximum atomic E-state index is 10.7. The van der Waals surface area contributed by atoms with E-state index in [9.17, 15) is 13.2 Å². The minimum atomic E-state index is -5.84. The van der Waals surface area contributed by atoms with Crippen molar-refractivity contribution in [2.24, 2.45) is 0 Å². The Kier molecular flexibility index (Phi) is 4.10. The van der Waals surface area contributed by atoms with E-state index >= 15 is 0 Å². The van der Waals surface area contributed by atoms with Gasteiger partial charge >= 0.3 is 15.6 Å². The van der Waals surface area contributed by atoms with Crippen molar-refractivity contribution in [3.63, 3.8) is 0 Å². The van der Waals surface area contributed by atoms with Gasteiger partial charge in [0.05, 0.1) is 13.2 Å². The summed E-state index contributed by atoms with van der Waals surface area (Å²) in [5.41, 5.74) is -5.53. The van der Waals surface area contributed by atoms with Gasteiger partial charge in [0.1, 0.15) is 6.10 Å². The van der Waals surface area contributed by atoms with Gasteiger partial charge in [-0.05, 0) is 0 Å². The van der Waals surface area contributed by atoms with Gasteiger partial charge in [0.25, 0.3) is 0 Å². The molecule has 0 spiro atoms. The van der Waals surface area contributed by atoms with E-state index in [1.807, 2.05) is 0 Å². The summed E-state index contributed by atoms with van der Waals surface area (Å²) in [5, 5.41) is 8.08. The minimum absolute atomic E-state index is 0.190. The van der Waals surface area contributed by atoms with Crippen molar-refractivity contribution in [1.29, 1.82) is 0 Å². The van der Waals surface area contributed by atoms with Crippen molar-refractivity contribution in [3.05, 3.63) is 0 Å². The molecule has 1 unspecified atom stereocenters. The largest absolute Gasteiger partial charge is 0.522 e. The first-order chi connectivity index (χ1) is 5.68. The molecule has 0 aromatic heterocycles. The molecule has 80 valence electrons. The molecule has 2 N–H and O–H groups in total. The lowest BCUT2D eigenvalue weighted by molar-refractivity contribution is -0.0510. The lowest BCUT2D eigenvalue weighted by Gasteiger charge is -1.97. The Hall–Kier alpha value is -0.380. The van der Waals surface area contributed by atoms with E-state index in [1.165, 1.54) is 0 Å². The van der Waals surface area contributed by atoms with Crippen molar-refractivity contribution < 1.29 is 36.0 Å². The summed E-state index contributed by atoms with van der Waals surface area (Å²) >= 11 is 0. The van der Waals surface area contributed by atoms with E-state index in [0.29, 0.717) is 0 Å². The molecule has 1 aliphatic rings. The van der Waals surface area contributed by atoms with Crippen molar-refractivity contribution >= 4 is 10.1 Å². The fourth-order valence-corrected chi connectivity index (χ4v) is 0.173. The van der Waals surface area contributed by atoms with Crippen LogP contribution in [0.1, 0.15) is 0 Å². The number of alkyl halides is 3. The molecule has 1 saturated heterocycles. The molecular weight excluding hydrogens is 217 g/mol. The number of aliphatic hydroxyl groups excluding tert-OH is 1. The maximum absolute atomic E-state index is 10.7. The van der Waals surface area contributed by atoms with E-state index in [4.69, 9.17) is 18.1 Å². The molecule has 9 heteroatoms. The second kappa shape index (κ2) is 4.22. The molecule has 13 heavy (non-hydrogen) atoms. The zero-order valence-corrected chi connectivity index (χ0v) is 6.97. The highest BCUT2D eigenvalue weighted by molar-refractivity contribution is 7.86. The van der Waals surface area contributed by atoms with Gasteiger partial charge in [-0.25, -0.2) is 0 Å². The number of rotatable bonds is 1. The molecule has 1 fully saturated rings. The molecule has 5 nitrogen and oxygen atoms in total. The van der Waals surface area contributed by atoms with E-state index < -0.39 is 15.6 Å². The number of ether oxygens (including phenoxy) is 1. The lowest BCUT2D eigenvalue weighted by atomic mass is 10.5. The quantitative estimate of drug-likeness (QED) is 0.365. The van der Waals surface area contributed by atoms with Crippen LogP contribution < -0.4 is 0 Å². The van der Waals surface area contributed by atoms with Gasteiger partial charge < -0.3 is 9.84 Å². The molecule has 0 aromatic rings. The molecule has 0 aliphatic carbocycles. The summed E-state index contributed by atoms with van der Waals surface area (Å²) in [7, 11) is -5.84. The third kappa shape index (κ3) is 5.80. The second-order valence-electron chi connectivity index (χ2n) is 2.06. The molecule has 0 aromatic carbocycles. The fourth-order valence-electron chi connectivity index (χ4n) is 0.173. The number of aliphatic hydroxyl groups is 1. The van der Waals surface area contributed by atoms with E-state index in [1.54, 1.807) is 0 Å². The summed E-state index contributed by atoms with van der Waals surface area (Å²) in [5.74, 6) is 0. The maximum Gasteiger partial charge on any atom is 0.522 e. The van der Waals surface area contributed by atoms with E-state index in [2.05, 4.69) is 4.74 Å². The zero-order chi connectivity index (χ0) is 10.7. The first kappa shape index (κ1) is 12.6. The molecule has 0 radical (unpaired) electrons. The third-order valence-corrected chi connectivity index (χ3v) is 1.48. The number of halogens is 3. The fraction of sp³-hybridized carbons (Fsp3) is 1.00. The van der Waals surface area contributed by atoms with Crippen LogP contribution in [0.4, 0.5) is 13.2 Å². The zero-order valence-electron chi connectivity index (χ0n) is 6.15. The number of epoxide rings is 1. The Bertz CT molecular complexity index is 241. The van der Waals surface area contributed by atoms with Crippen LogP contribution in [0.25, 0.3) is 0 Å². The second-order valence-corrected chi connectivity index (χ2v) is 3.47. The Balaban J connectivity index is 0.000000243. The van der Waals surface area contributed by atoms with Gasteiger partial charge in [-0.3, -0.25) is 4.55 Å². The van der Waals surface area contributed by atoms with Gasteiger partial charge in [0, 0.05) is 0 Å². The van der Waals surface area contributed by atoms with Crippen LogP contribution in [-0.4, -0.2) is 42.9 Å². The predicted octanol–water partition coefficient (Wildman–Crippen LogP) is -0.228. The molecule has 0 saturated carbocycles. The Morgan fingerprint density at radius 2 is 1.77 bits per heavy atom. The van der Waals surface area contributed by atoms with Crippen molar-refractivity contribution in [2.75, 3.05) is 13.2 Å². The van der Waals surface area contributed by atoms with Crippen molar-refractivity contribution in [3.8, 4) is 0 Å². The average molecular weight is 224 g/mol. The summed E-state index contributed by atoms with van der Waals surface area (Å²) < 4.78 is 62.1. The highest BCUT2D eigenvalue weighted by atomic mass is 32.2. The molecule has 0 bridgehead atoms. The first-order valence-electron chi connectivity index (χ1n) is 2.94. The molecule has 1 heterocycles. The highest BCUT2D eigenvalue weighted by Crippen LogP contribution is 2.20. The van der Waals surface area contributed by atoms with Gasteiger partial charge in [-0.1, -0.05) is 0 Å². The van der Waals surface area contributed by atoms with Crippen LogP contribution in [0.2, 0.25) is 0 Å². The molecule has 1 rings (SSSR count). The normalized spacial score (nSPS) is 21.8. The molecular formula is C4H7F3O5S. The molecule has 0 amide bonds. The summed E-state index contributed by atoms with van der Waals surface area (Å²) in [6, 6.07) is 0. The minimum Gasteiger partial charge on any atom is -0.394 e. The molecule has 1 aliphatic heterocycles. The monoisotopic (exact) mass is 224 g/mol. The van der Waals surface area contributed by atoms with Crippen LogP contribution in [0, 0.1) is 0 Å². The van der Waals surface area contributed by atoms with Gasteiger partial charge in [-0.2, -0.15) is 21.6 Å². The Morgan fingerprint density at radius 3 is 1.77 bits per heavy atom. The summed E-state index contributed by atoms with van der Waals surface area (Å²) in [6.45, 7) is 0.955. The van der Waals surface area contributed by atoms with E-state index in [0.717, 1.165) is 6.61 Å². The number of hydrogen-bond donors (Lipinski definition) is 2. The average Bonchev–Trinajstić information content (AvgIpc) is 2.64. The van der Waals surface area contributed by atoms with Crippen molar-refractivity contribution in [1.82, 2.24) is 0 Å². The number of hydrogen-bond acceptors (Lipinski definition) is 4. The van der Waals surface area contributed by atoms with Crippen LogP contribution in [0.3, 0.4) is 0 Å². The van der Waals surface area contributed by atoms with Crippen LogP contribution >= 0.6 is 0 Å². The highest BCUT2D eigenvalue weighted by Gasteiger charge is 2.44. The first-order valence-corrected chi connectivity index (χ1v) is 4.38. The Morgan fingerprint density at radius 1 is 1.46 bits per heavy atom. The van der Waals surface area contributed by atoms with Gasteiger partial charge in [-0.15, -0.1) is 0 Å². The predicted molar refractivity (Wildman–Crippen MR) is 34.4 cm³/mol. The molecule has 1 atom stereocenters. The SMILES string of the molecule is O=S(=O)(O)C(F)(F)F.OCC1CO1. The van der Waals surface area contributed by atoms with Gasteiger partial charge in [0.15, 0.2) is 0 Å². The van der Waals surface area contributed by atoms with Crippen LogP contribution in [0.5, 0.6) is 0 Å². The summed E-state index contributed by atoms with van der Waals surface area (Å²) in [6.07, 6.45) is 0.190. The Labute approximate surface area is 71.9 Å². The smallest absolute Gasteiger partial charge is 0.394 e. The summed E-state index contributed by atoms with van der Waals surface area (Å²) in [4.78, 5) is 0. The van der Waals surface area contributed by atoms with Crippen LogP contribution in [-0.2, 0) is 14.9 Å². The topological polar surface area (TPSA) is 87.1 Å². The lowest BCUT2D eigenvalue weighted by Crippen LogP contribution is -2.21. The standard InChI is InChI=1S/C3H6O2.CHF3O3S/c4-1-3-2-5-3;2-1(3,4)8(5,6)7/h3-4H,1-2H2;(H,5,6,7). The van der Waals surface area contributed by atoms with Crippen LogP contribution in [0.15, 0.2) is 0 Å². The van der Waals surface area contributed by atoms with E-state index in [-0.39, 0.29) is 12.7 Å². The third-order valence-electron chi connectivity index (χ3n) is 0.898.